The van der Waals surface area contributed by atoms with Gasteiger partial charge in [-0.15, -0.1) is 0 Å². The molecule has 1 saturated heterocycles. The average Bonchev–Trinajstić information content (AvgIpc) is 2.20. The van der Waals surface area contributed by atoms with Crippen molar-refractivity contribution in [2.45, 2.75) is 27.2 Å². The van der Waals surface area contributed by atoms with Crippen molar-refractivity contribution >= 4 is 0 Å². The molecule has 0 bridgehead atoms. The second-order valence-electron chi connectivity index (χ2n) is 2.66. The van der Waals surface area contributed by atoms with E-state index in [1.54, 1.807) is 0 Å². The van der Waals surface area contributed by atoms with Crippen LogP contribution in [0.15, 0.2) is 0 Å². The highest BCUT2D eigenvalue weighted by molar-refractivity contribution is 4.67. The Hall–Kier alpha value is -0.0800. The fraction of sp³-hybridized carbons (Fsp3) is 1.00. The number of hydrogen-bond donors (Lipinski definition) is 1. The lowest BCUT2D eigenvalue weighted by molar-refractivity contribution is 0.402. The second-order valence-corrected chi connectivity index (χ2v) is 2.66. The Morgan fingerprint density at radius 2 is 1.80 bits per heavy atom. The van der Waals surface area contributed by atoms with Crippen LogP contribution >= 0.6 is 0 Å². The summed E-state index contributed by atoms with van der Waals surface area (Å²) in [6.07, 6.45) is 1.40. The lowest BCUT2D eigenvalue weighted by atomic mass is 10.2. The molecule has 1 aliphatic heterocycles. The van der Waals surface area contributed by atoms with E-state index in [0.29, 0.717) is 0 Å². The minimum absolute atomic E-state index is 0. The lowest BCUT2D eigenvalue weighted by Gasteiger charge is -2.03. The molecule has 0 saturated carbocycles. The quantitative estimate of drug-likeness (QED) is 0.568. The Labute approximate surface area is 65.2 Å². The van der Waals surface area contributed by atoms with E-state index in [9.17, 15) is 0 Å². The van der Waals surface area contributed by atoms with Gasteiger partial charge in [0, 0.05) is 6.54 Å². The lowest BCUT2D eigenvalue weighted by Crippen LogP contribution is -2.12. The maximum absolute atomic E-state index is 2.38. The van der Waals surface area contributed by atoms with Gasteiger partial charge in [0.25, 0.3) is 0 Å². The summed E-state index contributed by atoms with van der Waals surface area (Å²) in [5.74, 6) is 0.949. The molecule has 10 heavy (non-hydrogen) atoms. The van der Waals surface area contributed by atoms with E-state index in [2.05, 4.69) is 18.9 Å². The first-order chi connectivity index (χ1) is 4.29. The highest BCUT2D eigenvalue weighted by Crippen LogP contribution is 2.11. The largest absolute Gasteiger partial charge is 0.344 e. The molecule has 1 unspecified atom stereocenters. The van der Waals surface area contributed by atoms with Gasteiger partial charge in [0.1, 0.15) is 0 Å². The minimum atomic E-state index is 0. The summed E-state index contributed by atoms with van der Waals surface area (Å²) in [6, 6.07) is 0. The predicted molar refractivity (Wildman–Crippen MR) is 47.6 cm³/mol. The van der Waals surface area contributed by atoms with Crippen LogP contribution in [-0.4, -0.2) is 25.0 Å². The van der Waals surface area contributed by atoms with Gasteiger partial charge in [-0.3, -0.25) is 0 Å². The van der Waals surface area contributed by atoms with Crippen molar-refractivity contribution in [2.24, 2.45) is 5.92 Å². The van der Waals surface area contributed by atoms with Crippen LogP contribution < -0.4 is 6.15 Å². The van der Waals surface area contributed by atoms with Crippen LogP contribution in [0, 0.1) is 5.92 Å². The molecular weight excluding hydrogens is 124 g/mol. The zero-order chi connectivity index (χ0) is 7.28. The van der Waals surface area contributed by atoms with Crippen molar-refractivity contribution < 1.29 is 0 Å². The summed E-state index contributed by atoms with van der Waals surface area (Å²) in [4.78, 5) is 2.38. The third kappa shape index (κ3) is 4.77. The van der Waals surface area contributed by atoms with Crippen LogP contribution in [0.2, 0.25) is 0 Å². The Kier molecular flexibility index (Phi) is 8.85. The number of hydrogen-bond acceptors (Lipinski definition) is 2. The maximum Gasteiger partial charge on any atom is 0.000445 e. The van der Waals surface area contributed by atoms with Crippen molar-refractivity contribution in [1.29, 1.82) is 0 Å². The molecule has 2 heteroatoms. The molecule has 1 heterocycles. The first-order valence-corrected chi connectivity index (χ1v) is 3.97. The van der Waals surface area contributed by atoms with Crippen LogP contribution in [0.5, 0.6) is 0 Å². The van der Waals surface area contributed by atoms with Gasteiger partial charge in [-0.2, -0.15) is 0 Å². The van der Waals surface area contributed by atoms with Crippen LogP contribution in [-0.2, 0) is 0 Å². The van der Waals surface area contributed by atoms with Gasteiger partial charge in [0.2, 0.25) is 0 Å². The molecule has 1 aliphatic rings. The maximum atomic E-state index is 2.38. The van der Waals surface area contributed by atoms with E-state index in [4.69, 9.17) is 0 Å². The Bertz CT molecular complexity index is 56.3. The second kappa shape index (κ2) is 7.03. The van der Waals surface area contributed by atoms with Gasteiger partial charge in [-0.25, -0.2) is 0 Å². The van der Waals surface area contributed by atoms with Crippen molar-refractivity contribution in [2.75, 3.05) is 20.1 Å². The minimum Gasteiger partial charge on any atom is -0.344 e. The van der Waals surface area contributed by atoms with Gasteiger partial charge in [0.15, 0.2) is 0 Å². The SMILES string of the molecule is CC.CC1CCN(C)C1.N. The van der Waals surface area contributed by atoms with Crippen molar-refractivity contribution in [3.8, 4) is 0 Å². The standard InChI is InChI=1S/C6H13N.C2H6.H3N/c1-6-3-4-7(2)5-6;1-2;/h6H,3-5H2,1-2H3;1-2H3;1H3. The van der Waals surface area contributed by atoms with E-state index in [1.165, 1.54) is 19.5 Å². The Balaban J connectivity index is 0. The van der Waals surface area contributed by atoms with Crippen LogP contribution in [0.25, 0.3) is 0 Å². The molecule has 1 rings (SSSR count). The molecule has 0 aromatic carbocycles. The number of rotatable bonds is 0. The third-order valence-electron chi connectivity index (χ3n) is 1.63. The normalized spacial score (nSPS) is 24.6. The van der Waals surface area contributed by atoms with E-state index in [0.717, 1.165) is 5.92 Å². The van der Waals surface area contributed by atoms with Gasteiger partial charge in [-0.05, 0) is 25.9 Å². The van der Waals surface area contributed by atoms with E-state index in [1.807, 2.05) is 13.8 Å². The number of likely N-dealkylation sites (tertiary alicyclic amines) is 1. The summed E-state index contributed by atoms with van der Waals surface area (Å²) < 4.78 is 0. The Morgan fingerprint density at radius 3 is 1.90 bits per heavy atom. The molecule has 0 radical (unpaired) electrons. The molecule has 1 fully saturated rings. The topological polar surface area (TPSA) is 38.2 Å². The van der Waals surface area contributed by atoms with Crippen molar-refractivity contribution in [3.05, 3.63) is 0 Å². The van der Waals surface area contributed by atoms with Gasteiger partial charge < -0.3 is 11.1 Å². The number of nitrogens with zero attached hydrogens (tertiary/aromatic N) is 1. The zero-order valence-electron chi connectivity index (χ0n) is 7.85. The van der Waals surface area contributed by atoms with Gasteiger partial charge >= 0.3 is 0 Å². The van der Waals surface area contributed by atoms with E-state index < -0.39 is 0 Å². The van der Waals surface area contributed by atoms with Crippen molar-refractivity contribution in [3.63, 3.8) is 0 Å². The van der Waals surface area contributed by atoms with Crippen LogP contribution in [0.4, 0.5) is 0 Å². The smallest absolute Gasteiger partial charge is 0.000445 e. The highest BCUT2D eigenvalue weighted by atomic mass is 15.1. The fourth-order valence-electron chi connectivity index (χ4n) is 1.16. The Morgan fingerprint density at radius 1 is 1.30 bits per heavy atom. The molecule has 3 N–H and O–H groups in total. The van der Waals surface area contributed by atoms with Gasteiger partial charge in [-0.1, -0.05) is 20.8 Å². The van der Waals surface area contributed by atoms with Crippen molar-refractivity contribution in [1.82, 2.24) is 11.1 Å². The average molecular weight is 146 g/mol. The molecule has 0 amide bonds. The molecule has 0 aliphatic carbocycles. The molecule has 2 nitrogen and oxygen atoms in total. The molecule has 0 spiro atoms. The highest BCUT2D eigenvalue weighted by Gasteiger charge is 2.13. The molecule has 1 atom stereocenters. The molecule has 64 valence electrons. The zero-order valence-corrected chi connectivity index (χ0v) is 7.85. The van der Waals surface area contributed by atoms with Gasteiger partial charge in [0.05, 0.1) is 0 Å². The van der Waals surface area contributed by atoms with E-state index in [-0.39, 0.29) is 6.15 Å². The summed E-state index contributed by atoms with van der Waals surface area (Å²) in [7, 11) is 2.18. The monoisotopic (exact) mass is 146 g/mol. The first-order valence-electron chi connectivity index (χ1n) is 3.97. The summed E-state index contributed by atoms with van der Waals surface area (Å²) in [6.45, 7) is 8.92. The molecule has 0 aromatic heterocycles. The first kappa shape index (κ1) is 12.6. The molecule has 0 aromatic rings. The predicted octanol–water partition coefficient (Wildman–Crippen LogP) is 2.15. The third-order valence-corrected chi connectivity index (χ3v) is 1.63. The van der Waals surface area contributed by atoms with E-state index >= 15 is 0 Å². The summed E-state index contributed by atoms with van der Waals surface area (Å²) in [5.41, 5.74) is 0. The molecular formula is C8H22N2. The van der Waals surface area contributed by atoms with Crippen LogP contribution in [0.3, 0.4) is 0 Å². The fourth-order valence-corrected chi connectivity index (χ4v) is 1.16. The summed E-state index contributed by atoms with van der Waals surface area (Å²) in [5, 5.41) is 0. The van der Waals surface area contributed by atoms with Crippen LogP contribution in [0.1, 0.15) is 27.2 Å². The summed E-state index contributed by atoms with van der Waals surface area (Å²) >= 11 is 0.